The molecule has 100 valence electrons. The molecule has 2 rings (SSSR count). The summed E-state index contributed by atoms with van der Waals surface area (Å²) in [7, 11) is 0. The van der Waals surface area contributed by atoms with Crippen molar-refractivity contribution in [1.29, 1.82) is 0 Å². The fourth-order valence-electron chi connectivity index (χ4n) is 2.42. The average Bonchev–Trinajstić information content (AvgIpc) is 2.88. The zero-order valence-electron chi connectivity index (χ0n) is 10.5. The molecule has 1 N–H and O–H groups in total. The summed E-state index contributed by atoms with van der Waals surface area (Å²) in [4.78, 5) is 12.3. The maximum atomic E-state index is 11.7. The Balaban J connectivity index is 1.65. The molecule has 1 aromatic heterocycles. The minimum atomic E-state index is 0.122. The van der Waals surface area contributed by atoms with Gasteiger partial charge in [0.2, 0.25) is 5.91 Å². The second-order valence-corrected chi connectivity index (χ2v) is 6.12. The SMILES string of the molecule is O=C(CCc1ccco1)NCC1CCCCC1Br. The van der Waals surface area contributed by atoms with Gasteiger partial charge in [0.15, 0.2) is 0 Å². The molecule has 18 heavy (non-hydrogen) atoms. The van der Waals surface area contributed by atoms with E-state index in [-0.39, 0.29) is 5.91 Å². The van der Waals surface area contributed by atoms with Crippen molar-refractivity contribution in [2.24, 2.45) is 5.92 Å². The molecule has 0 bridgehead atoms. The lowest BCUT2D eigenvalue weighted by molar-refractivity contribution is -0.121. The molecule has 1 aromatic rings. The predicted octanol–water partition coefficient (Wildman–Crippen LogP) is 3.28. The summed E-state index contributed by atoms with van der Waals surface area (Å²) in [6.45, 7) is 0.799. The number of aryl methyl sites for hydroxylation is 1. The van der Waals surface area contributed by atoms with Gasteiger partial charge in [-0.1, -0.05) is 28.8 Å². The van der Waals surface area contributed by atoms with Crippen LogP contribution in [0.15, 0.2) is 22.8 Å². The van der Waals surface area contributed by atoms with Gasteiger partial charge in [-0.15, -0.1) is 0 Å². The van der Waals surface area contributed by atoms with Gasteiger partial charge in [0.05, 0.1) is 6.26 Å². The molecule has 0 radical (unpaired) electrons. The lowest BCUT2D eigenvalue weighted by Gasteiger charge is -2.27. The Hall–Kier alpha value is -0.770. The van der Waals surface area contributed by atoms with Crippen LogP contribution in [0.3, 0.4) is 0 Å². The fourth-order valence-corrected chi connectivity index (χ4v) is 3.19. The Morgan fingerprint density at radius 2 is 2.28 bits per heavy atom. The number of rotatable bonds is 5. The summed E-state index contributed by atoms with van der Waals surface area (Å²) in [5, 5.41) is 3.03. The van der Waals surface area contributed by atoms with Crippen LogP contribution >= 0.6 is 15.9 Å². The van der Waals surface area contributed by atoms with Gasteiger partial charge in [0.25, 0.3) is 0 Å². The highest BCUT2D eigenvalue weighted by molar-refractivity contribution is 9.09. The summed E-state index contributed by atoms with van der Waals surface area (Å²) >= 11 is 3.71. The van der Waals surface area contributed by atoms with E-state index in [0.29, 0.717) is 23.6 Å². The normalized spacial score (nSPS) is 23.8. The van der Waals surface area contributed by atoms with Crippen molar-refractivity contribution < 1.29 is 9.21 Å². The lowest BCUT2D eigenvalue weighted by atomic mass is 9.89. The molecular formula is C14H20BrNO2. The third kappa shape index (κ3) is 4.16. The molecule has 2 atom stereocenters. The number of carbonyl (C=O) groups is 1. The van der Waals surface area contributed by atoms with Crippen LogP contribution in [0.2, 0.25) is 0 Å². The third-order valence-corrected chi connectivity index (χ3v) is 4.76. The number of nitrogens with one attached hydrogen (secondary N) is 1. The first kappa shape index (κ1) is 13.7. The number of hydrogen-bond acceptors (Lipinski definition) is 2. The van der Waals surface area contributed by atoms with E-state index in [2.05, 4.69) is 21.2 Å². The molecule has 2 unspecified atom stereocenters. The first-order chi connectivity index (χ1) is 8.75. The summed E-state index contributed by atoms with van der Waals surface area (Å²) in [5.41, 5.74) is 0. The lowest BCUT2D eigenvalue weighted by Crippen LogP contribution is -2.34. The number of alkyl halides is 1. The van der Waals surface area contributed by atoms with Crippen molar-refractivity contribution in [2.45, 2.75) is 43.4 Å². The molecule has 1 fully saturated rings. The second-order valence-electron chi connectivity index (χ2n) is 4.94. The average molecular weight is 314 g/mol. The van der Waals surface area contributed by atoms with Crippen LogP contribution in [0, 0.1) is 5.92 Å². The molecule has 0 spiro atoms. The summed E-state index contributed by atoms with van der Waals surface area (Å²) < 4.78 is 5.21. The monoisotopic (exact) mass is 313 g/mol. The number of hydrogen-bond donors (Lipinski definition) is 1. The first-order valence-electron chi connectivity index (χ1n) is 6.69. The zero-order chi connectivity index (χ0) is 12.8. The van der Waals surface area contributed by atoms with E-state index in [0.717, 1.165) is 12.3 Å². The molecular weight excluding hydrogens is 294 g/mol. The maximum Gasteiger partial charge on any atom is 0.220 e. The van der Waals surface area contributed by atoms with Gasteiger partial charge in [0.1, 0.15) is 5.76 Å². The van der Waals surface area contributed by atoms with E-state index >= 15 is 0 Å². The molecule has 3 nitrogen and oxygen atoms in total. The molecule has 4 heteroatoms. The van der Waals surface area contributed by atoms with Crippen molar-refractivity contribution in [1.82, 2.24) is 5.32 Å². The Kier molecular flexibility index (Phi) is 5.29. The minimum Gasteiger partial charge on any atom is -0.469 e. The van der Waals surface area contributed by atoms with Gasteiger partial charge in [-0.2, -0.15) is 0 Å². The molecule has 1 aliphatic carbocycles. The summed E-state index contributed by atoms with van der Waals surface area (Å²) in [5.74, 6) is 1.59. The number of amides is 1. The van der Waals surface area contributed by atoms with Crippen molar-refractivity contribution >= 4 is 21.8 Å². The Morgan fingerprint density at radius 3 is 3.00 bits per heavy atom. The van der Waals surface area contributed by atoms with Crippen LogP contribution in [0.25, 0.3) is 0 Å². The first-order valence-corrected chi connectivity index (χ1v) is 7.60. The molecule has 1 amide bonds. The largest absolute Gasteiger partial charge is 0.469 e. The van der Waals surface area contributed by atoms with E-state index in [1.807, 2.05) is 12.1 Å². The maximum absolute atomic E-state index is 11.7. The van der Waals surface area contributed by atoms with Crippen molar-refractivity contribution in [3.63, 3.8) is 0 Å². The van der Waals surface area contributed by atoms with Crippen molar-refractivity contribution in [3.05, 3.63) is 24.2 Å². The number of carbonyl (C=O) groups excluding carboxylic acids is 1. The van der Waals surface area contributed by atoms with E-state index < -0.39 is 0 Å². The van der Waals surface area contributed by atoms with Gasteiger partial charge < -0.3 is 9.73 Å². The molecule has 0 aromatic carbocycles. The van der Waals surface area contributed by atoms with Crippen LogP contribution in [0.4, 0.5) is 0 Å². The van der Waals surface area contributed by atoms with Gasteiger partial charge in [-0.25, -0.2) is 0 Å². The molecule has 1 heterocycles. The van der Waals surface area contributed by atoms with Crippen LogP contribution in [-0.2, 0) is 11.2 Å². The zero-order valence-corrected chi connectivity index (χ0v) is 12.1. The second kappa shape index (κ2) is 6.98. The Morgan fingerprint density at radius 1 is 1.44 bits per heavy atom. The van der Waals surface area contributed by atoms with Crippen LogP contribution in [-0.4, -0.2) is 17.3 Å². The standard InChI is InChI=1S/C14H20BrNO2/c15-13-6-2-1-4-11(13)10-16-14(17)8-7-12-5-3-9-18-12/h3,5,9,11,13H,1-2,4,6-8,10H2,(H,16,17). The molecule has 0 aliphatic heterocycles. The number of halogens is 1. The highest BCUT2D eigenvalue weighted by Crippen LogP contribution is 2.29. The minimum absolute atomic E-state index is 0.122. The highest BCUT2D eigenvalue weighted by atomic mass is 79.9. The van der Waals surface area contributed by atoms with Crippen LogP contribution < -0.4 is 5.32 Å². The van der Waals surface area contributed by atoms with Crippen LogP contribution in [0.5, 0.6) is 0 Å². The third-order valence-electron chi connectivity index (χ3n) is 3.56. The van der Waals surface area contributed by atoms with E-state index in [1.54, 1.807) is 6.26 Å². The molecule has 1 saturated carbocycles. The quantitative estimate of drug-likeness (QED) is 0.848. The van der Waals surface area contributed by atoms with Crippen LogP contribution in [0.1, 0.15) is 37.9 Å². The Bertz CT molecular complexity index is 364. The van der Waals surface area contributed by atoms with E-state index in [4.69, 9.17) is 4.42 Å². The predicted molar refractivity (Wildman–Crippen MR) is 74.7 cm³/mol. The van der Waals surface area contributed by atoms with Gasteiger partial charge in [0, 0.05) is 24.2 Å². The van der Waals surface area contributed by atoms with Gasteiger partial charge >= 0.3 is 0 Å². The van der Waals surface area contributed by atoms with E-state index in [9.17, 15) is 4.79 Å². The van der Waals surface area contributed by atoms with Gasteiger partial charge in [-0.05, 0) is 30.9 Å². The molecule has 1 aliphatic rings. The molecule has 0 saturated heterocycles. The fraction of sp³-hybridized carbons (Fsp3) is 0.643. The Labute approximate surface area is 116 Å². The summed E-state index contributed by atoms with van der Waals surface area (Å²) in [6.07, 6.45) is 7.87. The highest BCUT2D eigenvalue weighted by Gasteiger charge is 2.22. The number of furan rings is 1. The topological polar surface area (TPSA) is 42.2 Å². The summed E-state index contributed by atoms with van der Waals surface area (Å²) in [6, 6.07) is 3.76. The van der Waals surface area contributed by atoms with Crippen molar-refractivity contribution in [3.8, 4) is 0 Å². The van der Waals surface area contributed by atoms with E-state index in [1.165, 1.54) is 25.7 Å². The smallest absolute Gasteiger partial charge is 0.220 e. The van der Waals surface area contributed by atoms with Gasteiger partial charge in [-0.3, -0.25) is 4.79 Å². The van der Waals surface area contributed by atoms with Crippen molar-refractivity contribution in [2.75, 3.05) is 6.54 Å².